The van der Waals surface area contributed by atoms with Crippen molar-refractivity contribution in [3.63, 3.8) is 0 Å². The first-order chi connectivity index (χ1) is 13.8. The molecule has 0 aliphatic carbocycles. The molecule has 1 aliphatic rings. The lowest BCUT2D eigenvalue weighted by Crippen LogP contribution is -2.12. The van der Waals surface area contributed by atoms with Crippen molar-refractivity contribution in [2.45, 2.75) is 16.2 Å². The van der Waals surface area contributed by atoms with Gasteiger partial charge >= 0.3 is 0 Å². The summed E-state index contributed by atoms with van der Waals surface area (Å²) in [6, 6.07) is 21.7. The summed E-state index contributed by atoms with van der Waals surface area (Å²) in [4.78, 5) is 0.805. The van der Waals surface area contributed by atoms with Gasteiger partial charge in [-0.2, -0.15) is 0 Å². The number of nitrogens with two attached hydrogens (primary N) is 1. The zero-order valence-electron chi connectivity index (χ0n) is 15.7. The Morgan fingerprint density at radius 3 is 2.14 bits per heavy atom. The van der Waals surface area contributed by atoms with E-state index in [-0.39, 0.29) is 4.90 Å². The number of hydrogen-bond donors (Lipinski definition) is 1. The van der Waals surface area contributed by atoms with Crippen LogP contribution in [-0.2, 0) is 27.2 Å². The SMILES string of the molecule is CS(=O)c1ccc(C2=C(c3ccc(S(N)(=O)=O)cc3)Oc3ccccc3C2)cc1. The van der Waals surface area contributed by atoms with Crippen LogP contribution in [0, 0.1) is 0 Å². The second-order valence-corrected chi connectivity index (χ2v) is 9.68. The van der Waals surface area contributed by atoms with Crippen molar-refractivity contribution in [3.8, 4) is 5.75 Å². The molecule has 0 spiro atoms. The smallest absolute Gasteiger partial charge is 0.238 e. The van der Waals surface area contributed by atoms with E-state index in [2.05, 4.69) is 0 Å². The normalized spacial score (nSPS) is 14.8. The highest BCUT2D eigenvalue weighted by Crippen LogP contribution is 2.39. The molecule has 4 rings (SSSR count). The van der Waals surface area contributed by atoms with E-state index in [1.165, 1.54) is 12.1 Å². The highest BCUT2D eigenvalue weighted by Gasteiger charge is 2.22. The van der Waals surface area contributed by atoms with Crippen LogP contribution in [0.5, 0.6) is 5.75 Å². The molecular formula is C22H19NO4S2. The van der Waals surface area contributed by atoms with Gasteiger partial charge in [-0.1, -0.05) is 30.3 Å². The highest BCUT2D eigenvalue weighted by atomic mass is 32.2. The Morgan fingerprint density at radius 2 is 1.52 bits per heavy atom. The van der Waals surface area contributed by atoms with Crippen molar-refractivity contribution in [1.29, 1.82) is 0 Å². The van der Waals surface area contributed by atoms with Crippen LogP contribution in [0.4, 0.5) is 0 Å². The van der Waals surface area contributed by atoms with Crippen LogP contribution in [0.25, 0.3) is 11.3 Å². The predicted octanol–water partition coefficient (Wildman–Crippen LogP) is 3.57. The maximum Gasteiger partial charge on any atom is 0.238 e. The van der Waals surface area contributed by atoms with Crippen molar-refractivity contribution < 1.29 is 17.4 Å². The minimum atomic E-state index is -3.76. The Morgan fingerprint density at radius 1 is 0.897 bits per heavy atom. The van der Waals surface area contributed by atoms with E-state index in [4.69, 9.17) is 9.88 Å². The molecule has 0 radical (unpaired) electrons. The van der Waals surface area contributed by atoms with Gasteiger partial charge in [0, 0.05) is 39.5 Å². The highest BCUT2D eigenvalue weighted by molar-refractivity contribution is 7.89. The molecule has 29 heavy (non-hydrogen) atoms. The van der Waals surface area contributed by atoms with Crippen molar-refractivity contribution in [2.75, 3.05) is 6.26 Å². The van der Waals surface area contributed by atoms with Gasteiger partial charge in [0.2, 0.25) is 10.0 Å². The van der Waals surface area contributed by atoms with Gasteiger partial charge in [0.05, 0.1) is 4.90 Å². The zero-order valence-corrected chi connectivity index (χ0v) is 17.3. The van der Waals surface area contributed by atoms with Crippen LogP contribution in [-0.4, -0.2) is 18.9 Å². The number of hydrogen-bond acceptors (Lipinski definition) is 4. The third kappa shape index (κ3) is 4.03. The maximum absolute atomic E-state index is 11.7. The van der Waals surface area contributed by atoms with Crippen LogP contribution < -0.4 is 9.88 Å². The topological polar surface area (TPSA) is 86.5 Å². The molecule has 1 unspecified atom stereocenters. The number of fused-ring (bicyclic) bond motifs is 1. The molecule has 0 saturated heterocycles. The molecule has 5 nitrogen and oxygen atoms in total. The van der Waals surface area contributed by atoms with Gasteiger partial charge in [-0.05, 0) is 53.6 Å². The molecule has 0 saturated carbocycles. The summed E-state index contributed by atoms with van der Waals surface area (Å²) < 4.78 is 41.1. The third-order valence-electron chi connectivity index (χ3n) is 4.81. The van der Waals surface area contributed by atoms with Gasteiger partial charge in [-0.15, -0.1) is 0 Å². The quantitative estimate of drug-likeness (QED) is 0.692. The van der Waals surface area contributed by atoms with Crippen LogP contribution in [0.3, 0.4) is 0 Å². The molecule has 0 fully saturated rings. The minimum Gasteiger partial charge on any atom is -0.456 e. The zero-order chi connectivity index (χ0) is 20.6. The van der Waals surface area contributed by atoms with Gasteiger partial charge < -0.3 is 4.74 Å². The van der Waals surface area contributed by atoms with Crippen LogP contribution in [0.15, 0.2) is 82.6 Å². The second kappa shape index (κ2) is 7.59. The summed E-state index contributed by atoms with van der Waals surface area (Å²) in [7, 11) is -4.81. The van der Waals surface area contributed by atoms with Crippen LogP contribution >= 0.6 is 0 Å². The molecule has 1 heterocycles. The summed E-state index contributed by atoms with van der Waals surface area (Å²) in [6.45, 7) is 0. The minimum absolute atomic E-state index is 0.0504. The summed E-state index contributed by atoms with van der Waals surface area (Å²) >= 11 is 0. The van der Waals surface area contributed by atoms with E-state index in [0.717, 1.165) is 32.9 Å². The predicted molar refractivity (Wildman–Crippen MR) is 114 cm³/mol. The Balaban J connectivity index is 1.83. The fourth-order valence-electron chi connectivity index (χ4n) is 3.30. The van der Waals surface area contributed by atoms with Gasteiger partial charge in [-0.25, -0.2) is 13.6 Å². The third-order valence-corrected chi connectivity index (χ3v) is 6.67. The first kappa shape index (κ1) is 19.6. The molecular weight excluding hydrogens is 406 g/mol. The molecule has 0 aromatic heterocycles. The lowest BCUT2D eigenvalue weighted by Gasteiger charge is -2.24. The summed E-state index contributed by atoms with van der Waals surface area (Å²) in [5.74, 6) is 1.43. The number of sulfonamides is 1. The Hall–Kier alpha value is -2.74. The van der Waals surface area contributed by atoms with Crippen LogP contribution in [0.1, 0.15) is 16.7 Å². The first-order valence-electron chi connectivity index (χ1n) is 8.89. The molecule has 0 bridgehead atoms. The number of benzene rings is 3. The van der Waals surface area contributed by atoms with E-state index in [1.807, 2.05) is 48.5 Å². The summed E-state index contributed by atoms with van der Waals surface area (Å²) in [5, 5.41) is 5.21. The lowest BCUT2D eigenvalue weighted by molar-refractivity contribution is 0.502. The van der Waals surface area contributed by atoms with Gasteiger partial charge in [0.25, 0.3) is 0 Å². The molecule has 1 aliphatic heterocycles. The van der Waals surface area contributed by atoms with E-state index in [0.29, 0.717) is 12.2 Å². The van der Waals surface area contributed by atoms with E-state index in [1.54, 1.807) is 18.4 Å². The first-order valence-corrected chi connectivity index (χ1v) is 12.0. The lowest BCUT2D eigenvalue weighted by atomic mass is 9.92. The molecule has 148 valence electrons. The Bertz CT molecular complexity index is 1230. The molecule has 3 aromatic carbocycles. The van der Waals surface area contributed by atoms with Gasteiger partial charge in [-0.3, -0.25) is 4.21 Å². The average molecular weight is 426 g/mol. The monoisotopic (exact) mass is 425 g/mol. The maximum atomic E-state index is 11.7. The fraction of sp³-hybridized carbons (Fsp3) is 0.0909. The van der Waals surface area contributed by atoms with Crippen molar-refractivity contribution >= 4 is 32.2 Å². The Labute approximate surface area is 172 Å². The second-order valence-electron chi connectivity index (χ2n) is 6.74. The fourth-order valence-corrected chi connectivity index (χ4v) is 4.34. The Kier molecular flexibility index (Phi) is 5.12. The molecule has 1 atom stereocenters. The number of allylic oxidation sites excluding steroid dienone is 1. The van der Waals surface area contributed by atoms with Crippen LogP contribution in [0.2, 0.25) is 0 Å². The van der Waals surface area contributed by atoms with Crippen molar-refractivity contribution in [3.05, 3.63) is 89.5 Å². The van der Waals surface area contributed by atoms with E-state index < -0.39 is 20.8 Å². The van der Waals surface area contributed by atoms with Crippen molar-refractivity contribution in [2.24, 2.45) is 5.14 Å². The molecule has 7 heteroatoms. The number of para-hydroxylation sites is 1. The molecule has 2 N–H and O–H groups in total. The number of rotatable bonds is 4. The van der Waals surface area contributed by atoms with Gasteiger partial charge in [0.1, 0.15) is 11.5 Å². The van der Waals surface area contributed by atoms with E-state index in [9.17, 15) is 12.6 Å². The van der Waals surface area contributed by atoms with Gasteiger partial charge in [0.15, 0.2) is 0 Å². The molecule has 3 aromatic rings. The van der Waals surface area contributed by atoms with Crippen molar-refractivity contribution in [1.82, 2.24) is 0 Å². The summed E-state index contributed by atoms with van der Waals surface area (Å²) in [6.07, 6.45) is 2.31. The standard InChI is InChI=1S/C22H19NO4S2/c1-28(24)18-10-6-15(7-11-18)20-14-17-4-2-3-5-21(17)27-22(20)16-8-12-19(13-9-16)29(23,25)26/h2-13H,14H2,1H3,(H2,23,25,26). The largest absolute Gasteiger partial charge is 0.456 e. The van der Waals surface area contributed by atoms with E-state index >= 15 is 0 Å². The summed E-state index contributed by atoms with van der Waals surface area (Å²) in [5.41, 5.74) is 3.75. The number of primary sulfonamides is 1. The average Bonchev–Trinajstić information content (AvgIpc) is 2.72. The molecule has 0 amide bonds. The number of ether oxygens (including phenoxy) is 1.